The van der Waals surface area contributed by atoms with Crippen molar-refractivity contribution in [3.63, 3.8) is 0 Å². The number of piperazine rings is 1. The van der Waals surface area contributed by atoms with E-state index in [9.17, 15) is 5.26 Å². The Balaban J connectivity index is 2.00. The smallest absolute Gasteiger partial charge is 0.147 e. The van der Waals surface area contributed by atoms with Crippen LogP contribution < -0.4 is 4.90 Å². The van der Waals surface area contributed by atoms with Gasteiger partial charge in [-0.3, -0.25) is 0 Å². The van der Waals surface area contributed by atoms with Crippen molar-refractivity contribution in [3.8, 4) is 6.07 Å². The van der Waals surface area contributed by atoms with Crippen LogP contribution in [-0.2, 0) is 19.3 Å². The molecule has 0 atom stereocenters. The fourth-order valence-electron chi connectivity index (χ4n) is 4.06. The van der Waals surface area contributed by atoms with Crippen LogP contribution in [0, 0.1) is 17.2 Å². The Hall–Kier alpha value is -1.60. The number of nitriles is 1. The highest BCUT2D eigenvalue weighted by molar-refractivity contribution is 5.62. The van der Waals surface area contributed by atoms with E-state index < -0.39 is 0 Å². The molecule has 1 fully saturated rings. The number of likely N-dealkylation sites (N-methyl/N-ethyl adjacent to an activating group) is 1. The zero-order valence-electron chi connectivity index (χ0n) is 15.4. The van der Waals surface area contributed by atoms with Crippen LogP contribution in [-0.4, -0.2) is 42.6 Å². The molecule has 4 nitrogen and oxygen atoms in total. The summed E-state index contributed by atoms with van der Waals surface area (Å²) in [4.78, 5) is 9.88. The Labute approximate surface area is 146 Å². The van der Waals surface area contributed by atoms with E-state index in [1.165, 1.54) is 29.7 Å². The van der Waals surface area contributed by atoms with Crippen LogP contribution in [0.25, 0.3) is 0 Å². The second-order valence-corrected chi connectivity index (χ2v) is 7.55. The quantitative estimate of drug-likeness (QED) is 0.852. The van der Waals surface area contributed by atoms with Gasteiger partial charge in [-0.25, -0.2) is 4.98 Å². The van der Waals surface area contributed by atoms with Gasteiger partial charge < -0.3 is 9.80 Å². The highest BCUT2D eigenvalue weighted by Crippen LogP contribution is 2.33. The lowest BCUT2D eigenvalue weighted by atomic mass is 9.85. The molecule has 0 saturated carbocycles. The first-order valence-corrected chi connectivity index (χ1v) is 9.56. The van der Waals surface area contributed by atoms with Crippen molar-refractivity contribution in [2.24, 2.45) is 5.92 Å². The fraction of sp³-hybridized carbons (Fsp3) is 0.700. The van der Waals surface area contributed by atoms with Crippen molar-refractivity contribution in [1.29, 1.82) is 5.26 Å². The topological polar surface area (TPSA) is 43.2 Å². The lowest BCUT2D eigenvalue weighted by Gasteiger charge is -2.36. The number of nitrogens with zero attached hydrogens (tertiary/aromatic N) is 4. The average Bonchev–Trinajstić information content (AvgIpc) is 2.61. The largest absolute Gasteiger partial charge is 0.353 e. The minimum Gasteiger partial charge on any atom is -0.353 e. The second-order valence-electron chi connectivity index (χ2n) is 7.55. The molecule has 1 aromatic heterocycles. The Morgan fingerprint density at radius 3 is 2.33 bits per heavy atom. The Bertz CT molecular complexity index is 622. The first-order valence-electron chi connectivity index (χ1n) is 9.56. The third-order valence-corrected chi connectivity index (χ3v) is 5.41. The van der Waals surface area contributed by atoms with Gasteiger partial charge in [0, 0.05) is 31.9 Å². The highest BCUT2D eigenvalue weighted by atomic mass is 15.3. The van der Waals surface area contributed by atoms with Crippen molar-refractivity contribution >= 4 is 5.82 Å². The van der Waals surface area contributed by atoms with Gasteiger partial charge in [0.2, 0.25) is 0 Å². The number of rotatable bonds is 4. The van der Waals surface area contributed by atoms with Gasteiger partial charge in [0.25, 0.3) is 0 Å². The van der Waals surface area contributed by atoms with Gasteiger partial charge in [-0.2, -0.15) is 5.26 Å². The lowest BCUT2D eigenvalue weighted by Crippen LogP contribution is -2.47. The summed E-state index contributed by atoms with van der Waals surface area (Å²) in [5.74, 6) is 1.56. The summed E-state index contributed by atoms with van der Waals surface area (Å²) in [6.45, 7) is 11.9. The molecule has 1 aliphatic heterocycles. The molecule has 4 heteroatoms. The van der Waals surface area contributed by atoms with Crippen molar-refractivity contribution in [2.75, 3.05) is 37.6 Å². The van der Waals surface area contributed by atoms with Gasteiger partial charge in [-0.1, -0.05) is 20.8 Å². The van der Waals surface area contributed by atoms with Crippen molar-refractivity contribution in [3.05, 3.63) is 22.4 Å². The normalized spacial score (nSPS) is 18.5. The van der Waals surface area contributed by atoms with Gasteiger partial charge in [-0.15, -0.1) is 0 Å². The predicted octanol–water partition coefficient (Wildman–Crippen LogP) is 3.17. The Morgan fingerprint density at radius 1 is 1.08 bits per heavy atom. The number of aromatic nitrogens is 1. The summed E-state index contributed by atoms with van der Waals surface area (Å²) >= 11 is 0. The SMILES string of the molecule is CCN1CCN(c2nc(CC(C)C)c3c(c2C#N)CCCC3)CC1. The molecule has 1 aliphatic carbocycles. The van der Waals surface area contributed by atoms with Crippen molar-refractivity contribution in [1.82, 2.24) is 9.88 Å². The first-order chi connectivity index (χ1) is 11.6. The summed E-state index contributed by atoms with van der Waals surface area (Å²) in [6, 6.07) is 2.51. The summed E-state index contributed by atoms with van der Waals surface area (Å²) in [5, 5.41) is 9.85. The molecule has 1 saturated heterocycles. The second kappa shape index (κ2) is 7.53. The van der Waals surface area contributed by atoms with Gasteiger partial charge in [0.15, 0.2) is 0 Å². The molecule has 0 N–H and O–H groups in total. The molecule has 130 valence electrons. The molecule has 3 rings (SSSR count). The van der Waals surface area contributed by atoms with E-state index in [0.29, 0.717) is 5.92 Å². The van der Waals surface area contributed by atoms with Gasteiger partial charge >= 0.3 is 0 Å². The van der Waals surface area contributed by atoms with Gasteiger partial charge in [0.05, 0.1) is 5.56 Å². The van der Waals surface area contributed by atoms with Crippen LogP contribution in [0.4, 0.5) is 5.82 Å². The zero-order chi connectivity index (χ0) is 17.1. The predicted molar refractivity (Wildman–Crippen MR) is 98.5 cm³/mol. The maximum absolute atomic E-state index is 9.85. The van der Waals surface area contributed by atoms with E-state index in [2.05, 4.69) is 36.6 Å². The summed E-state index contributed by atoms with van der Waals surface area (Å²) < 4.78 is 0. The van der Waals surface area contributed by atoms with Crippen LogP contribution in [0.1, 0.15) is 56.0 Å². The molecular formula is C20H30N4. The summed E-state index contributed by atoms with van der Waals surface area (Å²) in [7, 11) is 0. The standard InChI is InChI=1S/C20H30N4/c1-4-23-9-11-24(12-10-23)20-18(14-21)16-7-5-6-8-17(16)19(22-20)13-15(2)3/h15H,4-13H2,1-3H3. The Kier molecular flexibility index (Phi) is 5.40. The first kappa shape index (κ1) is 17.2. The number of pyridine rings is 1. The maximum Gasteiger partial charge on any atom is 0.147 e. The van der Waals surface area contributed by atoms with Gasteiger partial charge in [-0.05, 0) is 55.7 Å². The third-order valence-electron chi connectivity index (χ3n) is 5.41. The molecule has 0 spiro atoms. The molecule has 0 radical (unpaired) electrons. The molecule has 2 aliphatic rings. The van der Waals surface area contributed by atoms with E-state index in [4.69, 9.17) is 4.98 Å². The molecule has 1 aromatic rings. The van der Waals surface area contributed by atoms with Crippen molar-refractivity contribution in [2.45, 2.75) is 52.9 Å². The number of fused-ring (bicyclic) bond motifs is 1. The highest BCUT2D eigenvalue weighted by Gasteiger charge is 2.26. The van der Waals surface area contributed by atoms with Crippen LogP contribution in [0.2, 0.25) is 0 Å². The number of hydrogen-bond acceptors (Lipinski definition) is 4. The van der Waals surface area contributed by atoms with E-state index >= 15 is 0 Å². The van der Waals surface area contributed by atoms with E-state index in [1.54, 1.807) is 0 Å². The van der Waals surface area contributed by atoms with Crippen LogP contribution in [0.15, 0.2) is 0 Å². The fourth-order valence-corrected chi connectivity index (χ4v) is 4.06. The molecule has 0 unspecified atom stereocenters. The zero-order valence-corrected chi connectivity index (χ0v) is 15.4. The molecule has 0 aromatic carbocycles. The van der Waals surface area contributed by atoms with Crippen molar-refractivity contribution < 1.29 is 0 Å². The number of hydrogen-bond donors (Lipinski definition) is 0. The third kappa shape index (κ3) is 3.42. The van der Waals surface area contributed by atoms with E-state index in [0.717, 1.165) is 63.4 Å². The van der Waals surface area contributed by atoms with Crippen LogP contribution in [0.5, 0.6) is 0 Å². The van der Waals surface area contributed by atoms with E-state index in [-0.39, 0.29) is 0 Å². The molecule has 0 amide bonds. The minimum absolute atomic E-state index is 0.598. The van der Waals surface area contributed by atoms with Gasteiger partial charge in [0.1, 0.15) is 11.9 Å². The average molecular weight is 326 g/mol. The maximum atomic E-state index is 9.85. The minimum atomic E-state index is 0.598. The monoisotopic (exact) mass is 326 g/mol. The molecular weight excluding hydrogens is 296 g/mol. The van der Waals surface area contributed by atoms with Crippen LogP contribution >= 0.6 is 0 Å². The van der Waals surface area contributed by atoms with Crippen LogP contribution in [0.3, 0.4) is 0 Å². The van der Waals surface area contributed by atoms with E-state index in [1.807, 2.05) is 0 Å². The molecule has 24 heavy (non-hydrogen) atoms. The molecule has 0 bridgehead atoms. The summed E-state index contributed by atoms with van der Waals surface area (Å²) in [5.41, 5.74) is 4.82. The number of anilines is 1. The molecule has 2 heterocycles. The lowest BCUT2D eigenvalue weighted by molar-refractivity contribution is 0.270. The summed E-state index contributed by atoms with van der Waals surface area (Å²) in [6.07, 6.45) is 5.61. The Morgan fingerprint density at radius 2 is 1.75 bits per heavy atom.